The predicted molar refractivity (Wildman–Crippen MR) is 69.8 cm³/mol. The van der Waals surface area contributed by atoms with Crippen molar-refractivity contribution in [2.45, 2.75) is 37.7 Å². The Morgan fingerprint density at radius 2 is 2.14 bits per heavy atom. The lowest BCUT2D eigenvalue weighted by Gasteiger charge is -2.19. The number of halogens is 3. The molecule has 3 atom stereocenters. The number of alkyl halides is 3. The van der Waals surface area contributed by atoms with Crippen LogP contribution in [0.25, 0.3) is 0 Å². The molecule has 21 heavy (non-hydrogen) atoms. The van der Waals surface area contributed by atoms with Crippen LogP contribution in [-0.2, 0) is 4.79 Å². The van der Waals surface area contributed by atoms with Gasteiger partial charge in [-0.15, -0.1) is 13.2 Å². The highest BCUT2D eigenvalue weighted by Crippen LogP contribution is 2.34. The second kappa shape index (κ2) is 5.22. The minimum Gasteiger partial charge on any atom is -0.406 e. The second-order valence-electron chi connectivity index (χ2n) is 5.45. The maximum atomic E-state index is 12.2. The molecule has 0 saturated carbocycles. The van der Waals surface area contributed by atoms with Gasteiger partial charge < -0.3 is 15.4 Å². The molecule has 2 aliphatic heterocycles. The predicted octanol–water partition coefficient (Wildman–Crippen LogP) is 2.66. The van der Waals surface area contributed by atoms with E-state index in [1.807, 2.05) is 0 Å². The largest absolute Gasteiger partial charge is 0.573 e. The fourth-order valence-electron chi connectivity index (χ4n) is 3.12. The van der Waals surface area contributed by atoms with Gasteiger partial charge in [-0.2, -0.15) is 0 Å². The van der Waals surface area contributed by atoms with Crippen LogP contribution in [0, 0.1) is 5.92 Å². The van der Waals surface area contributed by atoms with Crippen molar-refractivity contribution in [3.63, 3.8) is 0 Å². The molecule has 1 amide bonds. The molecule has 1 aromatic carbocycles. The number of ether oxygens (including phenoxy) is 1. The molecule has 2 fully saturated rings. The van der Waals surface area contributed by atoms with Crippen molar-refractivity contribution < 1.29 is 22.7 Å². The van der Waals surface area contributed by atoms with Crippen LogP contribution in [0.5, 0.6) is 5.75 Å². The highest BCUT2D eigenvalue weighted by Gasteiger charge is 2.42. The molecule has 2 bridgehead atoms. The Hall–Kier alpha value is -1.76. The summed E-state index contributed by atoms with van der Waals surface area (Å²) in [6.07, 6.45) is -1.89. The lowest BCUT2D eigenvalue weighted by molar-refractivity contribution is -0.274. The van der Waals surface area contributed by atoms with E-state index >= 15 is 0 Å². The van der Waals surface area contributed by atoms with Crippen molar-refractivity contribution in [3.05, 3.63) is 24.3 Å². The number of carbonyl (C=O) groups excluding carboxylic acids is 1. The van der Waals surface area contributed by atoms with E-state index in [1.54, 1.807) is 6.07 Å². The summed E-state index contributed by atoms with van der Waals surface area (Å²) in [5, 5.41) is 6.02. The van der Waals surface area contributed by atoms with Crippen LogP contribution in [0.15, 0.2) is 24.3 Å². The number of hydrogen-bond donors (Lipinski definition) is 2. The molecule has 7 heteroatoms. The standard InChI is InChI=1S/C14H15F3N2O2/c15-14(16,17)21-10-3-1-2-8(6-10)19-13(20)11-7-9-4-5-12(11)18-9/h1-3,6,9,11-12,18H,4-5,7H2,(H,19,20). The van der Waals surface area contributed by atoms with Crippen LogP contribution in [-0.4, -0.2) is 24.4 Å². The Morgan fingerprint density at radius 1 is 1.33 bits per heavy atom. The summed E-state index contributed by atoms with van der Waals surface area (Å²) in [5.41, 5.74) is 0.310. The van der Waals surface area contributed by atoms with Crippen molar-refractivity contribution >= 4 is 11.6 Å². The van der Waals surface area contributed by atoms with Crippen LogP contribution in [0.3, 0.4) is 0 Å². The summed E-state index contributed by atoms with van der Waals surface area (Å²) in [5.74, 6) is -0.610. The number of carbonyl (C=O) groups is 1. The molecular formula is C14H15F3N2O2. The monoisotopic (exact) mass is 300 g/mol. The lowest BCUT2D eigenvalue weighted by atomic mass is 9.88. The van der Waals surface area contributed by atoms with E-state index in [0.29, 0.717) is 11.7 Å². The van der Waals surface area contributed by atoms with Gasteiger partial charge in [-0.1, -0.05) is 6.07 Å². The molecule has 2 heterocycles. The molecule has 0 aliphatic carbocycles. The second-order valence-corrected chi connectivity index (χ2v) is 5.45. The first kappa shape index (κ1) is 14.2. The first-order valence-corrected chi connectivity index (χ1v) is 6.83. The van der Waals surface area contributed by atoms with Crippen molar-refractivity contribution in [2.75, 3.05) is 5.32 Å². The van der Waals surface area contributed by atoms with Gasteiger partial charge in [0.25, 0.3) is 0 Å². The van der Waals surface area contributed by atoms with Crippen molar-refractivity contribution in [1.29, 1.82) is 0 Å². The SMILES string of the molecule is O=C(Nc1cccc(OC(F)(F)F)c1)C1CC2CCC1N2. The number of benzene rings is 1. The van der Waals surface area contributed by atoms with Gasteiger partial charge in [0, 0.05) is 23.8 Å². The van der Waals surface area contributed by atoms with E-state index in [2.05, 4.69) is 15.4 Å². The van der Waals surface area contributed by atoms with Gasteiger partial charge in [0.1, 0.15) is 5.75 Å². The number of fused-ring (bicyclic) bond motifs is 2. The summed E-state index contributed by atoms with van der Waals surface area (Å²) >= 11 is 0. The molecule has 4 nitrogen and oxygen atoms in total. The number of rotatable bonds is 3. The third-order valence-corrected chi connectivity index (χ3v) is 3.97. The summed E-state index contributed by atoms with van der Waals surface area (Å²) in [4.78, 5) is 12.2. The van der Waals surface area contributed by atoms with Gasteiger partial charge >= 0.3 is 6.36 Å². The van der Waals surface area contributed by atoms with Crippen LogP contribution in [0.2, 0.25) is 0 Å². The first-order chi connectivity index (χ1) is 9.90. The quantitative estimate of drug-likeness (QED) is 0.902. The van der Waals surface area contributed by atoms with E-state index in [0.717, 1.165) is 19.3 Å². The zero-order valence-corrected chi connectivity index (χ0v) is 11.1. The molecule has 2 N–H and O–H groups in total. The average molecular weight is 300 g/mol. The van der Waals surface area contributed by atoms with E-state index in [4.69, 9.17) is 0 Å². The average Bonchev–Trinajstić information content (AvgIpc) is 2.99. The Balaban J connectivity index is 1.65. The maximum absolute atomic E-state index is 12.2. The third-order valence-electron chi connectivity index (χ3n) is 3.97. The molecule has 0 radical (unpaired) electrons. The van der Waals surface area contributed by atoms with E-state index in [9.17, 15) is 18.0 Å². The number of amides is 1. The molecule has 1 aromatic rings. The van der Waals surface area contributed by atoms with Gasteiger partial charge in [0.15, 0.2) is 0 Å². The topological polar surface area (TPSA) is 50.4 Å². The number of hydrogen-bond acceptors (Lipinski definition) is 3. The molecule has 3 unspecified atom stereocenters. The normalized spacial score (nSPS) is 27.7. The number of nitrogens with one attached hydrogen (secondary N) is 2. The van der Waals surface area contributed by atoms with E-state index < -0.39 is 6.36 Å². The summed E-state index contributed by atoms with van der Waals surface area (Å²) in [6, 6.07) is 5.90. The third kappa shape index (κ3) is 3.29. The summed E-state index contributed by atoms with van der Waals surface area (Å²) in [7, 11) is 0. The van der Waals surface area contributed by atoms with Crippen LogP contribution >= 0.6 is 0 Å². The molecule has 3 rings (SSSR count). The Morgan fingerprint density at radius 3 is 2.76 bits per heavy atom. The van der Waals surface area contributed by atoms with Gasteiger partial charge in [-0.3, -0.25) is 4.79 Å². The van der Waals surface area contributed by atoms with Gasteiger partial charge in [0.05, 0.1) is 5.92 Å². The molecule has 2 aliphatic rings. The zero-order chi connectivity index (χ0) is 15.0. The van der Waals surface area contributed by atoms with Gasteiger partial charge in [0.2, 0.25) is 5.91 Å². The molecule has 0 aromatic heterocycles. The smallest absolute Gasteiger partial charge is 0.406 e. The van der Waals surface area contributed by atoms with E-state index in [1.165, 1.54) is 18.2 Å². The highest BCUT2D eigenvalue weighted by atomic mass is 19.4. The zero-order valence-electron chi connectivity index (χ0n) is 11.1. The fourth-order valence-corrected chi connectivity index (χ4v) is 3.12. The van der Waals surface area contributed by atoms with Crippen molar-refractivity contribution in [1.82, 2.24) is 5.32 Å². The van der Waals surface area contributed by atoms with Crippen LogP contribution < -0.4 is 15.4 Å². The van der Waals surface area contributed by atoms with Crippen LogP contribution in [0.4, 0.5) is 18.9 Å². The number of anilines is 1. The van der Waals surface area contributed by atoms with Crippen molar-refractivity contribution in [3.8, 4) is 5.75 Å². The Kier molecular flexibility index (Phi) is 3.52. The van der Waals surface area contributed by atoms with Crippen molar-refractivity contribution in [2.24, 2.45) is 5.92 Å². The Bertz CT molecular complexity index is 547. The summed E-state index contributed by atoms with van der Waals surface area (Å²) < 4.78 is 40.3. The van der Waals surface area contributed by atoms with E-state index in [-0.39, 0.29) is 23.6 Å². The van der Waals surface area contributed by atoms with Gasteiger partial charge in [-0.25, -0.2) is 0 Å². The first-order valence-electron chi connectivity index (χ1n) is 6.83. The fraction of sp³-hybridized carbons (Fsp3) is 0.500. The lowest BCUT2D eigenvalue weighted by Crippen LogP contribution is -2.32. The molecule has 2 saturated heterocycles. The molecule has 114 valence electrons. The highest BCUT2D eigenvalue weighted by molar-refractivity contribution is 5.93. The van der Waals surface area contributed by atoms with Crippen LogP contribution in [0.1, 0.15) is 19.3 Å². The minimum atomic E-state index is -4.74. The van der Waals surface area contributed by atoms with Gasteiger partial charge in [-0.05, 0) is 31.4 Å². The molecular weight excluding hydrogens is 285 g/mol. The molecule has 0 spiro atoms. The summed E-state index contributed by atoms with van der Waals surface area (Å²) in [6.45, 7) is 0. The maximum Gasteiger partial charge on any atom is 0.573 e. The Labute approximate surface area is 119 Å². The minimum absolute atomic E-state index is 0.115.